The van der Waals surface area contributed by atoms with E-state index >= 15 is 0 Å². The molecule has 1 atom stereocenters. The Morgan fingerprint density at radius 3 is 2.35 bits per heavy atom. The minimum Gasteiger partial charge on any atom is -0.460 e. The first kappa shape index (κ1) is 26.1. The van der Waals surface area contributed by atoms with Gasteiger partial charge < -0.3 is 19.8 Å². The summed E-state index contributed by atoms with van der Waals surface area (Å²) < 4.78 is 11.7. The first-order chi connectivity index (χ1) is 19.6. The van der Waals surface area contributed by atoms with Gasteiger partial charge in [-0.05, 0) is 29.3 Å². The number of benzene rings is 3. The van der Waals surface area contributed by atoms with Crippen molar-refractivity contribution in [2.75, 3.05) is 17.2 Å². The van der Waals surface area contributed by atoms with Crippen LogP contribution in [0.1, 0.15) is 11.6 Å². The number of hydrogen-bond donors (Lipinski definition) is 2. The van der Waals surface area contributed by atoms with Gasteiger partial charge in [-0.1, -0.05) is 86.0 Å². The number of nitrogens with one attached hydrogen (secondary N) is 2. The standard InChI is InChI=1S/C32H26N4O4/c1-3-26(37)35-24-17-11-16-23(18-24)28-29-31(33-20-34-32(29)40-30(28)22-14-9-6-10-15-22)36-25(19-39-27(38)4-2)21-12-7-5-8-13-21/h3-18,20,25H,1-2,19H2,(H,35,37)(H,33,34,36). The fraction of sp³-hybridized carbons (Fsp3) is 0.0625. The Balaban J connectivity index is 1.67. The predicted molar refractivity (Wildman–Crippen MR) is 155 cm³/mol. The van der Waals surface area contributed by atoms with Crippen molar-refractivity contribution in [1.82, 2.24) is 9.97 Å². The molecule has 0 bridgehead atoms. The molecule has 0 aliphatic carbocycles. The molecule has 2 heterocycles. The SMILES string of the molecule is C=CC(=O)Nc1cccc(-c2c(-c3ccccc3)oc3ncnc(NC(COC(=O)C=C)c4ccccc4)c23)c1. The Kier molecular flexibility index (Phi) is 7.78. The van der Waals surface area contributed by atoms with Crippen molar-refractivity contribution in [2.45, 2.75) is 6.04 Å². The lowest BCUT2D eigenvalue weighted by atomic mass is 9.98. The zero-order valence-corrected chi connectivity index (χ0v) is 21.5. The van der Waals surface area contributed by atoms with E-state index in [1.54, 1.807) is 6.07 Å². The molecule has 0 fully saturated rings. The lowest BCUT2D eigenvalue weighted by Gasteiger charge is -2.20. The van der Waals surface area contributed by atoms with Gasteiger partial charge in [0, 0.05) is 22.9 Å². The number of rotatable bonds is 10. The number of amides is 1. The van der Waals surface area contributed by atoms with Crippen LogP contribution in [0.2, 0.25) is 0 Å². The molecule has 198 valence electrons. The highest BCUT2D eigenvalue weighted by Crippen LogP contribution is 2.43. The third-order valence-corrected chi connectivity index (χ3v) is 6.20. The molecule has 40 heavy (non-hydrogen) atoms. The molecular weight excluding hydrogens is 504 g/mol. The van der Waals surface area contributed by atoms with Crippen LogP contribution < -0.4 is 10.6 Å². The quantitative estimate of drug-likeness (QED) is 0.155. The van der Waals surface area contributed by atoms with Crippen molar-refractivity contribution >= 4 is 34.5 Å². The second-order valence-electron chi connectivity index (χ2n) is 8.79. The fourth-order valence-corrected chi connectivity index (χ4v) is 4.35. The van der Waals surface area contributed by atoms with E-state index in [-0.39, 0.29) is 12.5 Å². The Morgan fingerprint density at radius 2 is 1.62 bits per heavy atom. The summed E-state index contributed by atoms with van der Waals surface area (Å²) in [6, 6.07) is 26.3. The lowest BCUT2D eigenvalue weighted by Crippen LogP contribution is -2.19. The largest absolute Gasteiger partial charge is 0.460 e. The molecule has 0 aliphatic rings. The molecule has 0 aliphatic heterocycles. The van der Waals surface area contributed by atoms with E-state index in [4.69, 9.17) is 9.15 Å². The van der Waals surface area contributed by atoms with Crippen molar-refractivity contribution in [3.8, 4) is 22.5 Å². The van der Waals surface area contributed by atoms with Gasteiger partial charge in [-0.25, -0.2) is 14.8 Å². The Hall–Kier alpha value is -5.50. The number of furan rings is 1. The monoisotopic (exact) mass is 530 g/mol. The molecule has 8 heteroatoms. The third kappa shape index (κ3) is 5.66. The Labute approximate surface area is 231 Å². The van der Waals surface area contributed by atoms with Crippen molar-refractivity contribution in [2.24, 2.45) is 0 Å². The lowest BCUT2D eigenvalue weighted by molar-refractivity contribution is -0.138. The summed E-state index contributed by atoms with van der Waals surface area (Å²) >= 11 is 0. The van der Waals surface area contributed by atoms with Crippen molar-refractivity contribution in [1.29, 1.82) is 0 Å². The van der Waals surface area contributed by atoms with Crippen LogP contribution in [0.4, 0.5) is 11.5 Å². The average Bonchev–Trinajstić information content (AvgIpc) is 3.40. The summed E-state index contributed by atoms with van der Waals surface area (Å²) in [6.07, 6.45) is 3.77. The molecule has 3 aromatic carbocycles. The first-order valence-corrected chi connectivity index (χ1v) is 12.5. The molecule has 0 spiro atoms. The number of fused-ring (bicyclic) bond motifs is 1. The van der Waals surface area contributed by atoms with Crippen molar-refractivity contribution in [3.05, 3.63) is 122 Å². The zero-order valence-electron chi connectivity index (χ0n) is 21.5. The van der Waals surface area contributed by atoms with Crippen LogP contribution in [0.3, 0.4) is 0 Å². The molecular formula is C32H26N4O4. The Morgan fingerprint density at radius 1 is 0.900 bits per heavy atom. The molecule has 1 unspecified atom stereocenters. The summed E-state index contributed by atoms with van der Waals surface area (Å²) in [4.78, 5) is 32.9. The Bertz CT molecular complexity index is 1680. The van der Waals surface area contributed by atoms with Crippen LogP contribution in [-0.4, -0.2) is 28.5 Å². The second kappa shape index (κ2) is 11.9. The van der Waals surface area contributed by atoms with Crippen LogP contribution in [0.25, 0.3) is 33.6 Å². The van der Waals surface area contributed by atoms with Gasteiger partial charge in [0.2, 0.25) is 11.6 Å². The van der Waals surface area contributed by atoms with Gasteiger partial charge in [0.1, 0.15) is 24.5 Å². The smallest absolute Gasteiger partial charge is 0.330 e. The summed E-state index contributed by atoms with van der Waals surface area (Å²) in [7, 11) is 0. The normalized spacial score (nSPS) is 11.4. The van der Waals surface area contributed by atoms with Gasteiger partial charge in [0.05, 0.1) is 11.4 Å². The minimum absolute atomic E-state index is 0.0438. The van der Waals surface area contributed by atoms with E-state index < -0.39 is 12.0 Å². The summed E-state index contributed by atoms with van der Waals surface area (Å²) in [5, 5.41) is 6.90. The summed E-state index contributed by atoms with van der Waals surface area (Å²) in [5.41, 5.74) is 4.25. The maximum Gasteiger partial charge on any atom is 0.330 e. The number of carbonyl (C=O) groups is 2. The van der Waals surface area contributed by atoms with Crippen LogP contribution in [0, 0.1) is 0 Å². The van der Waals surface area contributed by atoms with Crippen LogP contribution in [0.15, 0.2) is 121 Å². The van der Waals surface area contributed by atoms with Crippen LogP contribution in [0.5, 0.6) is 0 Å². The zero-order chi connectivity index (χ0) is 27.9. The molecule has 0 saturated heterocycles. The molecule has 0 saturated carbocycles. The highest BCUT2D eigenvalue weighted by molar-refractivity contribution is 6.07. The van der Waals surface area contributed by atoms with E-state index in [1.165, 1.54) is 12.4 Å². The molecule has 2 aromatic heterocycles. The molecule has 1 amide bonds. The molecule has 5 aromatic rings. The number of carbonyl (C=O) groups excluding carboxylic acids is 2. The van der Waals surface area contributed by atoms with Gasteiger partial charge in [0.25, 0.3) is 0 Å². The van der Waals surface area contributed by atoms with Crippen molar-refractivity contribution < 1.29 is 18.7 Å². The van der Waals surface area contributed by atoms with E-state index in [0.29, 0.717) is 28.4 Å². The van der Waals surface area contributed by atoms with Crippen LogP contribution >= 0.6 is 0 Å². The maximum atomic E-state index is 12.0. The highest BCUT2D eigenvalue weighted by Gasteiger charge is 2.24. The molecule has 2 N–H and O–H groups in total. The van der Waals surface area contributed by atoms with Gasteiger partial charge in [-0.3, -0.25) is 4.79 Å². The maximum absolute atomic E-state index is 12.0. The van der Waals surface area contributed by atoms with Gasteiger partial charge >= 0.3 is 5.97 Å². The average molecular weight is 531 g/mol. The van der Waals surface area contributed by atoms with Crippen molar-refractivity contribution in [3.63, 3.8) is 0 Å². The van der Waals surface area contributed by atoms with E-state index in [2.05, 4.69) is 33.8 Å². The molecule has 0 radical (unpaired) electrons. The number of aromatic nitrogens is 2. The number of anilines is 2. The van der Waals surface area contributed by atoms with E-state index in [1.807, 2.05) is 78.9 Å². The van der Waals surface area contributed by atoms with Crippen LogP contribution in [-0.2, 0) is 14.3 Å². The third-order valence-electron chi connectivity index (χ3n) is 6.20. The highest BCUT2D eigenvalue weighted by atomic mass is 16.5. The van der Waals surface area contributed by atoms with E-state index in [9.17, 15) is 9.59 Å². The second-order valence-corrected chi connectivity index (χ2v) is 8.79. The topological polar surface area (TPSA) is 106 Å². The van der Waals surface area contributed by atoms with E-state index in [0.717, 1.165) is 28.3 Å². The fourth-order valence-electron chi connectivity index (χ4n) is 4.35. The molecule has 8 nitrogen and oxygen atoms in total. The van der Waals surface area contributed by atoms with Gasteiger partial charge in [-0.2, -0.15) is 0 Å². The first-order valence-electron chi connectivity index (χ1n) is 12.5. The number of ether oxygens (including phenoxy) is 1. The summed E-state index contributed by atoms with van der Waals surface area (Å²) in [6.45, 7) is 7.06. The minimum atomic E-state index is -0.524. The van der Waals surface area contributed by atoms with Gasteiger partial charge in [-0.15, -0.1) is 0 Å². The number of nitrogens with zero attached hydrogens (tertiary/aromatic N) is 2. The van der Waals surface area contributed by atoms with Gasteiger partial charge in [0.15, 0.2) is 0 Å². The predicted octanol–water partition coefficient (Wildman–Crippen LogP) is 6.56. The number of esters is 1. The summed E-state index contributed by atoms with van der Waals surface area (Å²) in [5.74, 6) is 0.253. The molecule has 5 rings (SSSR count). The number of hydrogen-bond acceptors (Lipinski definition) is 7.